The molecular weight excluding hydrogens is 258 g/mol. The predicted octanol–water partition coefficient (Wildman–Crippen LogP) is 2.49. The van der Waals surface area contributed by atoms with E-state index in [0.29, 0.717) is 32.8 Å². The number of hydrogen-bond donors (Lipinski definition) is 1. The van der Waals surface area contributed by atoms with Crippen molar-refractivity contribution in [3.63, 3.8) is 0 Å². The van der Waals surface area contributed by atoms with Crippen LogP contribution in [-0.2, 0) is 19.0 Å². The van der Waals surface area contributed by atoms with Crippen LogP contribution in [0.1, 0.15) is 52.9 Å². The van der Waals surface area contributed by atoms with Crippen molar-refractivity contribution in [1.82, 2.24) is 5.32 Å². The highest BCUT2D eigenvalue weighted by Gasteiger charge is 2.08. The average Bonchev–Trinajstić information content (AvgIpc) is 2.43. The van der Waals surface area contributed by atoms with E-state index in [1.54, 1.807) is 0 Å². The smallest absolute Gasteiger partial charge is 0.220 e. The molecule has 120 valence electrons. The third-order valence-electron chi connectivity index (χ3n) is 2.72. The number of unbranched alkanes of at least 4 members (excludes halogenated alkanes) is 1. The Morgan fingerprint density at radius 3 is 2.35 bits per heavy atom. The molecule has 0 aromatic heterocycles. The highest BCUT2D eigenvalue weighted by atomic mass is 16.7. The van der Waals surface area contributed by atoms with Gasteiger partial charge in [0.05, 0.1) is 6.61 Å². The summed E-state index contributed by atoms with van der Waals surface area (Å²) in [6.45, 7) is 9.24. The average molecular weight is 289 g/mol. The molecule has 0 aromatic carbocycles. The maximum absolute atomic E-state index is 11.5. The third kappa shape index (κ3) is 12.4. The van der Waals surface area contributed by atoms with E-state index in [4.69, 9.17) is 14.2 Å². The topological polar surface area (TPSA) is 56.8 Å². The predicted molar refractivity (Wildman–Crippen MR) is 79.6 cm³/mol. The first kappa shape index (κ1) is 19.4. The summed E-state index contributed by atoms with van der Waals surface area (Å²) in [5, 5.41) is 2.85. The molecular formula is C15H31NO4. The number of carbonyl (C=O) groups excluding carboxylic acids is 1. The molecule has 0 aliphatic rings. The Hall–Kier alpha value is -0.650. The first-order chi connectivity index (χ1) is 9.74. The van der Waals surface area contributed by atoms with E-state index in [1.165, 1.54) is 0 Å². The van der Waals surface area contributed by atoms with Crippen LogP contribution in [0.5, 0.6) is 0 Å². The zero-order chi connectivity index (χ0) is 15.1. The molecule has 0 bridgehead atoms. The minimum atomic E-state index is -0.129. The summed E-state index contributed by atoms with van der Waals surface area (Å²) in [4.78, 5) is 11.5. The van der Waals surface area contributed by atoms with Gasteiger partial charge in [-0.25, -0.2) is 0 Å². The van der Waals surface area contributed by atoms with Crippen LogP contribution in [0.3, 0.4) is 0 Å². The maximum atomic E-state index is 11.5. The molecule has 0 rings (SSSR count). The summed E-state index contributed by atoms with van der Waals surface area (Å²) in [7, 11) is 0. The molecule has 0 unspecified atom stereocenters. The van der Waals surface area contributed by atoms with Gasteiger partial charge in [0.2, 0.25) is 5.91 Å². The van der Waals surface area contributed by atoms with Gasteiger partial charge in [0.1, 0.15) is 0 Å². The van der Waals surface area contributed by atoms with Crippen LogP contribution >= 0.6 is 0 Å². The molecule has 5 heteroatoms. The van der Waals surface area contributed by atoms with Gasteiger partial charge >= 0.3 is 0 Å². The summed E-state index contributed by atoms with van der Waals surface area (Å²) >= 11 is 0. The van der Waals surface area contributed by atoms with E-state index >= 15 is 0 Å². The SMILES string of the molecule is CCCOCCNC(=O)CCCCC(OCC)OCC. The van der Waals surface area contributed by atoms with Gasteiger partial charge in [-0.1, -0.05) is 6.92 Å². The zero-order valence-electron chi connectivity index (χ0n) is 13.3. The first-order valence-corrected chi connectivity index (χ1v) is 7.82. The zero-order valence-corrected chi connectivity index (χ0v) is 13.3. The van der Waals surface area contributed by atoms with E-state index in [0.717, 1.165) is 32.3 Å². The minimum Gasteiger partial charge on any atom is -0.380 e. The standard InChI is InChI=1S/C15H31NO4/c1-4-12-18-13-11-16-14(17)9-7-8-10-15(19-5-2)20-6-3/h15H,4-13H2,1-3H3,(H,16,17). The molecule has 1 amide bonds. The van der Waals surface area contributed by atoms with E-state index in [2.05, 4.69) is 12.2 Å². The summed E-state index contributed by atoms with van der Waals surface area (Å²) < 4.78 is 16.2. The number of amides is 1. The second-order valence-electron chi connectivity index (χ2n) is 4.55. The van der Waals surface area contributed by atoms with E-state index in [9.17, 15) is 4.79 Å². The Morgan fingerprint density at radius 1 is 1.05 bits per heavy atom. The van der Waals surface area contributed by atoms with E-state index < -0.39 is 0 Å². The maximum Gasteiger partial charge on any atom is 0.220 e. The van der Waals surface area contributed by atoms with Gasteiger partial charge < -0.3 is 19.5 Å². The minimum absolute atomic E-state index is 0.0921. The van der Waals surface area contributed by atoms with Crippen molar-refractivity contribution in [3.05, 3.63) is 0 Å². The highest BCUT2D eigenvalue weighted by molar-refractivity contribution is 5.75. The van der Waals surface area contributed by atoms with Crippen molar-refractivity contribution in [1.29, 1.82) is 0 Å². The molecule has 1 N–H and O–H groups in total. The molecule has 0 aliphatic heterocycles. The van der Waals surface area contributed by atoms with E-state index in [-0.39, 0.29) is 12.2 Å². The summed E-state index contributed by atoms with van der Waals surface area (Å²) in [6.07, 6.45) is 4.07. The number of carbonyl (C=O) groups is 1. The molecule has 0 fully saturated rings. The first-order valence-electron chi connectivity index (χ1n) is 7.82. The summed E-state index contributed by atoms with van der Waals surface area (Å²) in [5.41, 5.74) is 0. The van der Waals surface area contributed by atoms with Gasteiger partial charge in [-0.3, -0.25) is 4.79 Å². The molecule has 0 aromatic rings. The fourth-order valence-electron chi connectivity index (χ4n) is 1.78. The number of rotatable bonds is 14. The van der Waals surface area contributed by atoms with Crippen LogP contribution in [0.2, 0.25) is 0 Å². The second kappa shape index (κ2) is 14.8. The number of nitrogens with one attached hydrogen (secondary N) is 1. The Labute approximate surface area is 123 Å². The summed E-state index contributed by atoms with van der Waals surface area (Å²) in [5.74, 6) is 0.0921. The van der Waals surface area contributed by atoms with Crippen molar-refractivity contribution in [2.75, 3.05) is 33.0 Å². The molecule has 0 atom stereocenters. The lowest BCUT2D eigenvalue weighted by Gasteiger charge is -2.16. The molecule has 0 spiro atoms. The van der Waals surface area contributed by atoms with Crippen LogP contribution in [0.15, 0.2) is 0 Å². The molecule has 0 radical (unpaired) electrons. The Morgan fingerprint density at radius 2 is 1.75 bits per heavy atom. The Kier molecular flexibility index (Phi) is 14.3. The molecule has 0 saturated heterocycles. The van der Waals surface area contributed by atoms with Crippen molar-refractivity contribution in [3.8, 4) is 0 Å². The Bertz CT molecular complexity index is 218. The van der Waals surface area contributed by atoms with Crippen molar-refractivity contribution in [2.24, 2.45) is 0 Å². The number of ether oxygens (including phenoxy) is 3. The van der Waals surface area contributed by atoms with Crippen molar-refractivity contribution < 1.29 is 19.0 Å². The van der Waals surface area contributed by atoms with Crippen molar-refractivity contribution >= 4 is 5.91 Å². The highest BCUT2D eigenvalue weighted by Crippen LogP contribution is 2.08. The fourth-order valence-corrected chi connectivity index (χ4v) is 1.78. The monoisotopic (exact) mass is 289 g/mol. The van der Waals surface area contributed by atoms with Crippen LogP contribution in [0.4, 0.5) is 0 Å². The Balaban J connectivity index is 3.45. The van der Waals surface area contributed by atoms with Crippen LogP contribution < -0.4 is 5.32 Å². The lowest BCUT2D eigenvalue weighted by atomic mass is 10.2. The molecule has 0 saturated carbocycles. The van der Waals surface area contributed by atoms with Gasteiger partial charge in [0, 0.05) is 32.8 Å². The largest absolute Gasteiger partial charge is 0.380 e. The van der Waals surface area contributed by atoms with Crippen LogP contribution in [0.25, 0.3) is 0 Å². The van der Waals surface area contributed by atoms with Crippen LogP contribution in [-0.4, -0.2) is 45.2 Å². The molecule has 5 nitrogen and oxygen atoms in total. The van der Waals surface area contributed by atoms with E-state index in [1.807, 2.05) is 13.8 Å². The van der Waals surface area contributed by atoms with Gasteiger partial charge in [0.15, 0.2) is 6.29 Å². The normalized spacial score (nSPS) is 11.0. The second-order valence-corrected chi connectivity index (χ2v) is 4.55. The molecule has 0 aliphatic carbocycles. The molecule has 20 heavy (non-hydrogen) atoms. The van der Waals surface area contributed by atoms with Gasteiger partial charge in [-0.05, 0) is 39.5 Å². The van der Waals surface area contributed by atoms with Crippen LogP contribution in [0, 0.1) is 0 Å². The number of hydrogen-bond acceptors (Lipinski definition) is 4. The quantitative estimate of drug-likeness (QED) is 0.394. The van der Waals surface area contributed by atoms with Crippen molar-refractivity contribution in [2.45, 2.75) is 59.2 Å². The fraction of sp³-hybridized carbons (Fsp3) is 0.933. The summed E-state index contributed by atoms with van der Waals surface area (Å²) in [6, 6.07) is 0. The lowest BCUT2D eigenvalue weighted by molar-refractivity contribution is -0.140. The van der Waals surface area contributed by atoms with Gasteiger partial charge in [-0.15, -0.1) is 0 Å². The third-order valence-corrected chi connectivity index (χ3v) is 2.72. The lowest BCUT2D eigenvalue weighted by Crippen LogP contribution is -2.27. The van der Waals surface area contributed by atoms with Gasteiger partial charge in [-0.2, -0.15) is 0 Å². The van der Waals surface area contributed by atoms with Gasteiger partial charge in [0.25, 0.3) is 0 Å². The molecule has 0 heterocycles.